The first-order valence-corrected chi connectivity index (χ1v) is 7.57. The molecule has 1 rings (SSSR count). The molecule has 1 unspecified atom stereocenters. The number of nitrogen functional groups attached to an aromatic ring is 1. The first-order chi connectivity index (χ1) is 9.47. The van der Waals surface area contributed by atoms with E-state index in [1.807, 2.05) is 13.8 Å². The number of anilines is 2. The first-order valence-electron chi connectivity index (χ1n) is 7.57. The normalized spacial score (nSPS) is 12.7. The average molecular weight is 279 g/mol. The summed E-state index contributed by atoms with van der Waals surface area (Å²) in [4.78, 5) is 11.1. The van der Waals surface area contributed by atoms with Crippen LogP contribution in [-0.2, 0) is 0 Å². The van der Waals surface area contributed by atoms with Gasteiger partial charge in [-0.05, 0) is 53.2 Å². The molecule has 1 aromatic heterocycles. The Morgan fingerprint density at radius 1 is 1.20 bits per heavy atom. The van der Waals surface area contributed by atoms with Crippen LogP contribution in [0.25, 0.3) is 0 Å². The zero-order chi connectivity index (χ0) is 15.1. The van der Waals surface area contributed by atoms with Crippen LogP contribution in [0.2, 0.25) is 0 Å². The van der Waals surface area contributed by atoms with E-state index in [0.29, 0.717) is 17.7 Å². The van der Waals surface area contributed by atoms with Crippen LogP contribution in [0.1, 0.15) is 45.0 Å². The Kier molecular flexibility index (Phi) is 6.71. The quantitative estimate of drug-likeness (QED) is 0.765. The van der Waals surface area contributed by atoms with Gasteiger partial charge in [-0.25, -0.2) is 9.97 Å². The molecule has 0 aliphatic heterocycles. The maximum Gasteiger partial charge on any atom is 0.134 e. The molecule has 5 nitrogen and oxygen atoms in total. The lowest BCUT2D eigenvalue weighted by molar-refractivity contribution is 0.295. The second-order valence-corrected chi connectivity index (χ2v) is 5.34. The highest BCUT2D eigenvalue weighted by atomic mass is 15.1. The number of rotatable bonds is 8. The van der Waals surface area contributed by atoms with Crippen molar-refractivity contribution in [3.8, 4) is 0 Å². The van der Waals surface area contributed by atoms with Crippen molar-refractivity contribution in [1.29, 1.82) is 0 Å². The monoisotopic (exact) mass is 279 g/mol. The van der Waals surface area contributed by atoms with Crippen LogP contribution in [0.15, 0.2) is 0 Å². The fraction of sp³-hybridized carbons (Fsp3) is 0.733. The molecule has 5 heteroatoms. The van der Waals surface area contributed by atoms with Crippen LogP contribution in [-0.4, -0.2) is 40.5 Å². The van der Waals surface area contributed by atoms with Crippen molar-refractivity contribution in [1.82, 2.24) is 14.9 Å². The number of nitrogens with one attached hydrogen (secondary N) is 1. The van der Waals surface area contributed by atoms with Crippen LogP contribution in [0, 0.1) is 13.8 Å². The van der Waals surface area contributed by atoms with Crippen molar-refractivity contribution in [3.63, 3.8) is 0 Å². The van der Waals surface area contributed by atoms with Crippen LogP contribution < -0.4 is 11.1 Å². The molecule has 0 bridgehead atoms. The number of nitrogens with zero attached hydrogens (tertiary/aromatic N) is 3. The van der Waals surface area contributed by atoms with Gasteiger partial charge in [0, 0.05) is 11.6 Å². The summed E-state index contributed by atoms with van der Waals surface area (Å²) in [5.41, 5.74) is 6.81. The molecule has 0 amide bonds. The molecule has 1 heterocycles. The summed E-state index contributed by atoms with van der Waals surface area (Å²) < 4.78 is 0. The number of nitrogens with two attached hydrogens (primary N) is 1. The standard InChI is InChI=1S/C15H29N5/c1-6-20(7-2)10-8-9-11(3)17-15-12(4)14(16)18-13(5)19-15/h11H,6-10H2,1-5H3,(H3,16,17,18,19). The van der Waals surface area contributed by atoms with Gasteiger partial charge in [-0.2, -0.15) is 0 Å². The zero-order valence-corrected chi connectivity index (χ0v) is 13.5. The number of hydrogen-bond acceptors (Lipinski definition) is 5. The van der Waals surface area contributed by atoms with E-state index in [9.17, 15) is 0 Å². The van der Waals surface area contributed by atoms with Crippen LogP contribution >= 0.6 is 0 Å². The minimum atomic E-state index is 0.387. The van der Waals surface area contributed by atoms with Gasteiger partial charge in [0.2, 0.25) is 0 Å². The molecule has 0 aliphatic rings. The molecule has 0 saturated heterocycles. The Labute approximate surface area is 123 Å². The third-order valence-electron chi connectivity index (χ3n) is 3.68. The Bertz CT molecular complexity index is 415. The largest absolute Gasteiger partial charge is 0.383 e. The van der Waals surface area contributed by atoms with Crippen LogP contribution in [0.5, 0.6) is 0 Å². The fourth-order valence-corrected chi connectivity index (χ4v) is 2.26. The van der Waals surface area contributed by atoms with E-state index in [-0.39, 0.29) is 0 Å². The van der Waals surface area contributed by atoms with E-state index < -0.39 is 0 Å². The smallest absolute Gasteiger partial charge is 0.134 e. The maximum atomic E-state index is 5.88. The third-order valence-corrected chi connectivity index (χ3v) is 3.68. The molecule has 3 N–H and O–H groups in total. The lowest BCUT2D eigenvalue weighted by Crippen LogP contribution is -2.26. The molecule has 20 heavy (non-hydrogen) atoms. The van der Waals surface area contributed by atoms with E-state index in [0.717, 1.165) is 37.4 Å². The number of hydrogen-bond donors (Lipinski definition) is 2. The Morgan fingerprint density at radius 2 is 1.85 bits per heavy atom. The molecule has 114 valence electrons. The summed E-state index contributed by atoms with van der Waals surface area (Å²) in [6.07, 6.45) is 2.31. The van der Waals surface area contributed by atoms with Crippen LogP contribution in [0.4, 0.5) is 11.6 Å². The summed E-state index contributed by atoms with van der Waals surface area (Å²) in [5, 5.41) is 3.45. The van der Waals surface area contributed by atoms with Crippen molar-refractivity contribution >= 4 is 11.6 Å². The Hall–Kier alpha value is -1.36. The second-order valence-electron chi connectivity index (χ2n) is 5.34. The topological polar surface area (TPSA) is 67.1 Å². The third kappa shape index (κ3) is 4.96. The fourth-order valence-electron chi connectivity index (χ4n) is 2.26. The van der Waals surface area contributed by atoms with E-state index >= 15 is 0 Å². The summed E-state index contributed by atoms with van der Waals surface area (Å²) >= 11 is 0. The van der Waals surface area contributed by atoms with Crippen molar-refractivity contribution in [2.75, 3.05) is 30.7 Å². The van der Waals surface area contributed by atoms with Crippen molar-refractivity contribution < 1.29 is 0 Å². The van der Waals surface area contributed by atoms with Gasteiger partial charge in [-0.1, -0.05) is 13.8 Å². The zero-order valence-electron chi connectivity index (χ0n) is 13.5. The predicted octanol–water partition coefficient (Wildman–Crippen LogP) is 2.60. The molecule has 0 spiro atoms. The highest BCUT2D eigenvalue weighted by Crippen LogP contribution is 2.18. The average Bonchev–Trinajstić information content (AvgIpc) is 2.40. The number of aryl methyl sites for hydroxylation is 1. The molecule has 0 aromatic carbocycles. The van der Waals surface area contributed by atoms with Gasteiger partial charge in [0.05, 0.1) is 0 Å². The second kappa shape index (κ2) is 8.04. The maximum absolute atomic E-state index is 5.88. The summed E-state index contributed by atoms with van der Waals surface area (Å²) in [5.74, 6) is 2.15. The molecule has 0 aliphatic carbocycles. The van der Waals surface area contributed by atoms with Gasteiger partial charge in [-0.15, -0.1) is 0 Å². The molecule has 1 atom stereocenters. The van der Waals surface area contributed by atoms with E-state index in [1.54, 1.807) is 0 Å². The molecule has 0 radical (unpaired) electrons. The Balaban J connectivity index is 2.48. The number of aromatic nitrogens is 2. The van der Waals surface area contributed by atoms with Gasteiger partial charge in [0.1, 0.15) is 17.5 Å². The molecule has 0 saturated carbocycles. The van der Waals surface area contributed by atoms with Gasteiger partial charge < -0.3 is 16.0 Å². The molecule has 1 aromatic rings. The molecular weight excluding hydrogens is 250 g/mol. The molecular formula is C15H29N5. The minimum Gasteiger partial charge on any atom is -0.383 e. The lowest BCUT2D eigenvalue weighted by atomic mass is 10.1. The first kappa shape index (κ1) is 16.7. The SMILES string of the molecule is CCN(CC)CCCC(C)Nc1nc(C)nc(N)c1C. The van der Waals surface area contributed by atoms with Gasteiger partial charge in [-0.3, -0.25) is 0 Å². The van der Waals surface area contributed by atoms with Gasteiger partial charge >= 0.3 is 0 Å². The Morgan fingerprint density at radius 3 is 2.45 bits per heavy atom. The molecule has 0 fully saturated rings. The highest BCUT2D eigenvalue weighted by Gasteiger charge is 2.10. The van der Waals surface area contributed by atoms with Gasteiger partial charge in [0.15, 0.2) is 0 Å². The van der Waals surface area contributed by atoms with Crippen molar-refractivity contribution in [2.45, 2.75) is 53.5 Å². The van der Waals surface area contributed by atoms with Crippen molar-refractivity contribution in [3.05, 3.63) is 11.4 Å². The summed E-state index contributed by atoms with van der Waals surface area (Å²) in [6.45, 7) is 13.8. The van der Waals surface area contributed by atoms with Crippen molar-refractivity contribution in [2.24, 2.45) is 0 Å². The minimum absolute atomic E-state index is 0.387. The predicted molar refractivity (Wildman–Crippen MR) is 86.0 cm³/mol. The van der Waals surface area contributed by atoms with Gasteiger partial charge in [0.25, 0.3) is 0 Å². The summed E-state index contributed by atoms with van der Waals surface area (Å²) in [7, 11) is 0. The highest BCUT2D eigenvalue weighted by molar-refractivity contribution is 5.55. The van der Waals surface area contributed by atoms with Crippen LogP contribution in [0.3, 0.4) is 0 Å². The van der Waals surface area contributed by atoms with E-state index in [4.69, 9.17) is 5.73 Å². The van der Waals surface area contributed by atoms with E-state index in [1.165, 1.54) is 6.42 Å². The van der Waals surface area contributed by atoms with E-state index in [2.05, 4.69) is 41.0 Å². The summed E-state index contributed by atoms with van der Waals surface area (Å²) in [6, 6.07) is 0.387. The lowest BCUT2D eigenvalue weighted by Gasteiger charge is -2.20.